The molecule has 0 aromatic heterocycles. The SMILES string of the molecule is CN(CCc1ccc(Br)cc1)C(=O)CC(N)C1CC1.Cl. The smallest absolute Gasteiger partial charge is 0.223 e. The Morgan fingerprint density at radius 1 is 1.40 bits per heavy atom. The van der Waals surface area contributed by atoms with Crippen molar-refractivity contribution in [1.29, 1.82) is 0 Å². The summed E-state index contributed by atoms with van der Waals surface area (Å²) < 4.78 is 1.08. The van der Waals surface area contributed by atoms with E-state index in [1.54, 1.807) is 4.90 Å². The lowest BCUT2D eigenvalue weighted by Crippen LogP contribution is -2.35. The fraction of sp³-hybridized carbons (Fsp3) is 0.533. The molecule has 3 nitrogen and oxygen atoms in total. The average Bonchev–Trinajstić information content (AvgIpc) is 3.21. The topological polar surface area (TPSA) is 46.3 Å². The fourth-order valence-electron chi connectivity index (χ4n) is 2.12. The van der Waals surface area contributed by atoms with E-state index in [4.69, 9.17) is 5.73 Å². The van der Waals surface area contributed by atoms with Crippen LogP contribution in [0.25, 0.3) is 0 Å². The quantitative estimate of drug-likeness (QED) is 0.846. The van der Waals surface area contributed by atoms with Crippen LogP contribution in [0.15, 0.2) is 28.7 Å². The maximum atomic E-state index is 12.0. The number of amides is 1. The highest BCUT2D eigenvalue weighted by atomic mass is 79.9. The third kappa shape index (κ3) is 5.43. The number of rotatable bonds is 6. The van der Waals surface area contributed by atoms with Crippen molar-refractivity contribution < 1.29 is 4.79 Å². The monoisotopic (exact) mass is 360 g/mol. The van der Waals surface area contributed by atoms with Crippen LogP contribution in [0.5, 0.6) is 0 Å². The first kappa shape index (κ1) is 17.5. The first-order valence-electron chi connectivity index (χ1n) is 6.80. The Labute approximate surface area is 135 Å². The third-order valence-corrected chi connectivity index (χ3v) is 4.24. The van der Waals surface area contributed by atoms with Crippen LogP contribution in [0.1, 0.15) is 24.8 Å². The minimum Gasteiger partial charge on any atom is -0.345 e. The highest BCUT2D eigenvalue weighted by molar-refractivity contribution is 9.10. The van der Waals surface area contributed by atoms with E-state index in [0.717, 1.165) is 17.4 Å². The van der Waals surface area contributed by atoms with Gasteiger partial charge in [0.15, 0.2) is 0 Å². The molecule has 0 saturated heterocycles. The van der Waals surface area contributed by atoms with Gasteiger partial charge in [-0.3, -0.25) is 4.79 Å². The third-order valence-electron chi connectivity index (χ3n) is 3.71. The van der Waals surface area contributed by atoms with Crippen LogP contribution in [-0.4, -0.2) is 30.4 Å². The van der Waals surface area contributed by atoms with Crippen molar-refractivity contribution in [2.45, 2.75) is 31.7 Å². The number of carbonyl (C=O) groups is 1. The molecule has 1 saturated carbocycles. The summed E-state index contributed by atoms with van der Waals surface area (Å²) in [7, 11) is 1.86. The number of halogens is 2. The summed E-state index contributed by atoms with van der Waals surface area (Å²) in [5.41, 5.74) is 7.23. The molecule has 0 heterocycles. The second-order valence-corrected chi connectivity index (χ2v) is 6.31. The number of carbonyl (C=O) groups excluding carboxylic acids is 1. The van der Waals surface area contributed by atoms with Gasteiger partial charge in [-0.25, -0.2) is 0 Å². The van der Waals surface area contributed by atoms with Gasteiger partial charge in [0.25, 0.3) is 0 Å². The Kier molecular flexibility index (Phi) is 7.00. The van der Waals surface area contributed by atoms with E-state index in [0.29, 0.717) is 12.3 Å². The first-order chi connectivity index (χ1) is 9.06. The molecule has 1 amide bonds. The van der Waals surface area contributed by atoms with E-state index in [1.807, 2.05) is 19.2 Å². The molecule has 0 spiro atoms. The fourth-order valence-corrected chi connectivity index (χ4v) is 2.39. The zero-order chi connectivity index (χ0) is 13.8. The van der Waals surface area contributed by atoms with Crippen LogP contribution < -0.4 is 5.73 Å². The summed E-state index contributed by atoms with van der Waals surface area (Å²) in [6, 6.07) is 8.28. The van der Waals surface area contributed by atoms with Crippen molar-refractivity contribution in [3.63, 3.8) is 0 Å². The summed E-state index contributed by atoms with van der Waals surface area (Å²) in [6.07, 6.45) is 3.75. The van der Waals surface area contributed by atoms with Gasteiger partial charge in [0, 0.05) is 30.5 Å². The van der Waals surface area contributed by atoms with E-state index in [9.17, 15) is 4.79 Å². The number of hydrogen-bond acceptors (Lipinski definition) is 2. The molecule has 1 aliphatic rings. The van der Waals surface area contributed by atoms with Crippen molar-refractivity contribution in [1.82, 2.24) is 4.90 Å². The van der Waals surface area contributed by atoms with Crippen LogP contribution in [-0.2, 0) is 11.2 Å². The zero-order valence-electron chi connectivity index (χ0n) is 11.7. The molecule has 112 valence electrons. The number of nitrogens with zero attached hydrogens (tertiary/aromatic N) is 1. The standard InChI is InChI=1S/C15H21BrN2O.ClH/c1-18(15(19)10-14(17)12-4-5-12)9-8-11-2-6-13(16)7-3-11;/h2-3,6-7,12,14H,4-5,8-10,17H2,1H3;1H. The van der Waals surface area contributed by atoms with Gasteiger partial charge < -0.3 is 10.6 Å². The van der Waals surface area contributed by atoms with Gasteiger partial charge in [0.2, 0.25) is 5.91 Å². The Hall–Kier alpha value is -0.580. The molecule has 1 aromatic carbocycles. The molecule has 5 heteroatoms. The summed E-state index contributed by atoms with van der Waals surface area (Å²) in [5.74, 6) is 0.750. The van der Waals surface area contributed by atoms with Gasteiger partial charge in [-0.15, -0.1) is 12.4 Å². The maximum absolute atomic E-state index is 12.0. The molecular weight excluding hydrogens is 340 g/mol. The molecule has 2 rings (SSSR count). The molecule has 0 aliphatic heterocycles. The van der Waals surface area contributed by atoms with E-state index in [1.165, 1.54) is 18.4 Å². The summed E-state index contributed by atoms with van der Waals surface area (Å²) in [4.78, 5) is 13.8. The average molecular weight is 362 g/mol. The lowest BCUT2D eigenvalue weighted by molar-refractivity contribution is -0.130. The number of hydrogen-bond donors (Lipinski definition) is 1. The van der Waals surface area contributed by atoms with Crippen molar-refractivity contribution in [3.8, 4) is 0 Å². The number of nitrogens with two attached hydrogens (primary N) is 1. The van der Waals surface area contributed by atoms with Crippen molar-refractivity contribution >= 4 is 34.2 Å². The van der Waals surface area contributed by atoms with E-state index >= 15 is 0 Å². The summed E-state index contributed by atoms with van der Waals surface area (Å²) >= 11 is 3.42. The van der Waals surface area contributed by atoms with Crippen LogP contribution in [0.4, 0.5) is 0 Å². The molecule has 1 unspecified atom stereocenters. The predicted molar refractivity (Wildman–Crippen MR) is 88.0 cm³/mol. The number of benzene rings is 1. The van der Waals surface area contributed by atoms with E-state index in [2.05, 4.69) is 28.1 Å². The number of likely N-dealkylation sites (N-methyl/N-ethyl adjacent to an activating group) is 1. The minimum atomic E-state index is 0. The lowest BCUT2D eigenvalue weighted by atomic mass is 10.1. The normalized spacial score (nSPS) is 15.3. The van der Waals surface area contributed by atoms with Crippen LogP contribution >= 0.6 is 28.3 Å². The molecule has 0 bridgehead atoms. The largest absolute Gasteiger partial charge is 0.345 e. The second-order valence-electron chi connectivity index (χ2n) is 5.40. The molecule has 20 heavy (non-hydrogen) atoms. The van der Waals surface area contributed by atoms with Gasteiger partial charge in [-0.05, 0) is 42.9 Å². The van der Waals surface area contributed by atoms with E-state index < -0.39 is 0 Å². The van der Waals surface area contributed by atoms with Crippen LogP contribution in [0.3, 0.4) is 0 Å². The molecule has 1 aromatic rings. The molecule has 2 N–H and O–H groups in total. The maximum Gasteiger partial charge on any atom is 0.223 e. The summed E-state index contributed by atoms with van der Waals surface area (Å²) in [6.45, 7) is 0.748. The predicted octanol–water partition coefficient (Wildman–Crippen LogP) is 3.00. The Morgan fingerprint density at radius 3 is 2.55 bits per heavy atom. The zero-order valence-corrected chi connectivity index (χ0v) is 14.1. The van der Waals surface area contributed by atoms with Gasteiger partial charge >= 0.3 is 0 Å². The Bertz CT molecular complexity index is 434. The molecule has 0 radical (unpaired) electrons. The highest BCUT2D eigenvalue weighted by Crippen LogP contribution is 2.32. The molecule has 1 aliphatic carbocycles. The summed E-state index contributed by atoms with van der Waals surface area (Å²) in [5, 5.41) is 0. The second kappa shape index (κ2) is 8.01. The van der Waals surface area contributed by atoms with Gasteiger partial charge in [-0.1, -0.05) is 28.1 Å². The Balaban J connectivity index is 0.00000200. The molecule has 1 atom stereocenters. The van der Waals surface area contributed by atoms with Gasteiger partial charge in [0.05, 0.1) is 0 Å². The van der Waals surface area contributed by atoms with Crippen LogP contribution in [0, 0.1) is 5.92 Å². The molecule has 1 fully saturated rings. The van der Waals surface area contributed by atoms with E-state index in [-0.39, 0.29) is 24.4 Å². The van der Waals surface area contributed by atoms with Crippen molar-refractivity contribution in [2.24, 2.45) is 11.7 Å². The highest BCUT2D eigenvalue weighted by Gasteiger charge is 2.30. The van der Waals surface area contributed by atoms with Crippen LogP contribution in [0.2, 0.25) is 0 Å². The van der Waals surface area contributed by atoms with Gasteiger partial charge in [0.1, 0.15) is 0 Å². The van der Waals surface area contributed by atoms with Crippen molar-refractivity contribution in [3.05, 3.63) is 34.3 Å². The first-order valence-corrected chi connectivity index (χ1v) is 7.59. The Morgan fingerprint density at radius 2 is 2.00 bits per heavy atom. The van der Waals surface area contributed by atoms with Gasteiger partial charge in [-0.2, -0.15) is 0 Å². The minimum absolute atomic E-state index is 0. The lowest BCUT2D eigenvalue weighted by Gasteiger charge is -2.19. The van der Waals surface area contributed by atoms with Crippen molar-refractivity contribution in [2.75, 3.05) is 13.6 Å². The molecular formula is C15H22BrClN2O.